The van der Waals surface area contributed by atoms with Crippen molar-refractivity contribution < 1.29 is 13.2 Å². The minimum atomic E-state index is -3.64. The van der Waals surface area contributed by atoms with Crippen LogP contribution in [0.3, 0.4) is 0 Å². The van der Waals surface area contributed by atoms with E-state index in [1.165, 1.54) is 27.8 Å². The Morgan fingerprint density at radius 3 is 2.58 bits per heavy atom. The summed E-state index contributed by atoms with van der Waals surface area (Å²) in [6, 6.07) is 6.40. The van der Waals surface area contributed by atoms with Gasteiger partial charge in [0.1, 0.15) is 4.90 Å². The first-order valence-electron chi connectivity index (χ1n) is 7.55. The molecular weight excluding hydrogens is 368 g/mol. The molecule has 0 radical (unpaired) electrons. The van der Waals surface area contributed by atoms with E-state index in [9.17, 15) is 13.2 Å². The summed E-state index contributed by atoms with van der Waals surface area (Å²) >= 11 is 7.45. The van der Waals surface area contributed by atoms with Gasteiger partial charge in [-0.3, -0.25) is 4.79 Å². The monoisotopic (exact) mass is 384 g/mol. The highest BCUT2D eigenvalue weighted by Crippen LogP contribution is 2.30. The number of carbonyl (C=O) groups is 1. The Balaban J connectivity index is 1.89. The summed E-state index contributed by atoms with van der Waals surface area (Å²) in [5.74, 6) is -0.255. The van der Waals surface area contributed by atoms with Gasteiger partial charge in [-0.2, -0.15) is 4.31 Å². The van der Waals surface area contributed by atoms with Gasteiger partial charge in [0, 0.05) is 18.8 Å². The molecule has 0 bridgehead atoms. The Hall–Kier alpha value is -1.41. The SMILES string of the molecule is Cc1ccsc1C(=O)Nc1ccc(Cl)c(S(=O)(=O)N2CCCC2)c1. The lowest BCUT2D eigenvalue weighted by Crippen LogP contribution is -2.28. The van der Waals surface area contributed by atoms with Crippen molar-refractivity contribution >= 4 is 44.6 Å². The molecule has 1 aliphatic rings. The summed E-state index contributed by atoms with van der Waals surface area (Å²) in [7, 11) is -3.64. The Labute approximate surface area is 150 Å². The van der Waals surface area contributed by atoms with Crippen LogP contribution in [0.2, 0.25) is 5.02 Å². The van der Waals surface area contributed by atoms with Crippen LogP contribution >= 0.6 is 22.9 Å². The third-order valence-electron chi connectivity index (χ3n) is 3.94. The van der Waals surface area contributed by atoms with Gasteiger partial charge in [-0.25, -0.2) is 8.42 Å². The molecule has 128 valence electrons. The normalized spacial score (nSPS) is 15.6. The molecule has 2 aromatic rings. The number of nitrogens with zero attached hydrogens (tertiary/aromatic N) is 1. The number of rotatable bonds is 4. The number of halogens is 1. The predicted octanol–water partition coefficient (Wildman–Crippen LogP) is 3.75. The number of thiophene rings is 1. The maximum absolute atomic E-state index is 12.7. The second-order valence-electron chi connectivity index (χ2n) is 5.64. The van der Waals surface area contributed by atoms with Crippen molar-refractivity contribution in [2.75, 3.05) is 18.4 Å². The fourth-order valence-corrected chi connectivity index (χ4v) is 5.48. The highest BCUT2D eigenvalue weighted by Gasteiger charge is 2.29. The number of aryl methyl sites for hydroxylation is 1. The maximum Gasteiger partial charge on any atom is 0.265 e. The summed E-state index contributed by atoms with van der Waals surface area (Å²) in [5, 5.41) is 4.75. The average Bonchev–Trinajstić information content (AvgIpc) is 3.20. The van der Waals surface area contributed by atoms with Crippen molar-refractivity contribution in [2.24, 2.45) is 0 Å². The average molecular weight is 385 g/mol. The Morgan fingerprint density at radius 2 is 1.96 bits per heavy atom. The molecule has 0 aliphatic carbocycles. The van der Waals surface area contributed by atoms with Crippen molar-refractivity contribution in [1.29, 1.82) is 0 Å². The largest absolute Gasteiger partial charge is 0.321 e. The molecule has 1 aromatic heterocycles. The summed E-state index contributed by atoms with van der Waals surface area (Å²) in [4.78, 5) is 12.9. The highest BCUT2D eigenvalue weighted by atomic mass is 35.5. The predicted molar refractivity (Wildman–Crippen MR) is 96.5 cm³/mol. The van der Waals surface area contributed by atoms with Gasteiger partial charge in [0.05, 0.1) is 9.90 Å². The first kappa shape index (κ1) is 17.4. The van der Waals surface area contributed by atoms with Gasteiger partial charge in [0.25, 0.3) is 5.91 Å². The van der Waals surface area contributed by atoms with Crippen LogP contribution in [0.5, 0.6) is 0 Å². The molecule has 0 saturated carbocycles. The summed E-state index contributed by atoms with van der Waals surface area (Å²) in [6.45, 7) is 2.86. The zero-order chi connectivity index (χ0) is 17.3. The van der Waals surface area contributed by atoms with E-state index >= 15 is 0 Å². The van der Waals surface area contributed by atoms with Crippen LogP contribution in [-0.4, -0.2) is 31.7 Å². The minimum Gasteiger partial charge on any atom is -0.321 e. The molecule has 2 heterocycles. The van der Waals surface area contributed by atoms with Gasteiger partial charge in [-0.05, 0) is 55.0 Å². The quantitative estimate of drug-likeness (QED) is 0.872. The van der Waals surface area contributed by atoms with Crippen LogP contribution in [0.1, 0.15) is 28.1 Å². The number of hydrogen-bond donors (Lipinski definition) is 1. The van der Waals surface area contributed by atoms with Gasteiger partial charge < -0.3 is 5.32 Å². The highest BCUT2D eigenvalue weighted by molar-refractivity contribution is 7.89. The third-order valence-corrected chi connectivity index (χ3v) is 7.34. The van der Waals surface area contributed by atoms with Crippen molar-refractivity contribution in [3.8, 4) is 0 Å². The zero-order valence-electron chi connectivity index (χ0n) is 13.1. The number of sulfonamides is 1. The van der Waals surface area contributed by atoms with Gasteiger partial charge in [0.2, 0.25) is 10.0 Å². The summed E-state index contributed by atoms with van der Waals surface area (Å²) in [6.07, 6.45) is 1.70. The molecule has 0 spiro atoms. The lowest BCUT2D eigenvalue weighted by molar-refractivity contribution is 0.103. The molecule has 0 atom stereocenters. The maximum atomic E-state index is 12.7. The fourth-order valence-electron chi connectivity index (χ4n) is 2.64. The van der Waals surface area contributed by atoms with Crippen LogP contribution in [0, 0.1) is 6.92 Å². The van der Waals surface area contributed by atoms with Crippen LogP contribution in [-0.2, 0) is 10.0 Å². The molecule has 1 N–H and O–H groups in total. The second-order valence-corrected chi connectivity index (χ2v) is 8.87. The smallest absolute Gasteiger partial charge is 0.265 e. The molecule has 3 rings (SSSR count). The number of amides is 1. The zero-order valence-corrected chi connectivity index (χ0v) is 15.5. The lowest BCUT2D eigenvalue weighted by atomic mass is 10.2. The van der Waals surface area contributed by atoms with Crippen LogP contribution in [0.4, 0.5) is 5.69 Å². The standard InChI is InChI=1S/C16H17ClN2O3S2/c1-11-6-9-23-15(11)16(20)18-12-4-5-13(17)14(10-12)24(21,22)19-7-2-3-8-19/h4-6,9-10H,2-3,7-8H2,1H3,(H,18,20). The minimum absolute atomic E-state index is 0.0340. The van der Waals surface area contributed by atoms with Gasteiger partial charge in [-0.15, -0.1) is 11.3 Å². The van der Waals surface area contributed by atoms with Crippen LogP contribution < -0.4 is 5.32 Å². The molecule has 5 nitrogen and oxygen atoms in total. The third kappa shape index (κ3) is 3.35. The molecule has 24 heavy (non-hydrogen) atoms. The van der Waals surface area contributed by atoms with Crippen molar-refractivity contribution in [1.82, 2.24) is 4.31 Å². The van der Waals surface area contributed by atoms with E-state index in [0.717, 1.165) is 18.4 Å². The van der Waals surface area contributed by atoms with Gasteiger partial charge in [-0.1, -0.05) is 11.6 Å². The van der Waals surface area contributed by atoms with E-state index in [0.29, 0.717) is 23.7 Å². The van der Waals surface area contributed by atoms with Crippen LogP contribution in [0.25, 0.3) is 0 Å². The van der Waals surface area contributed by atoms with E-state index in [1.54, 1.807) is 6.07 Å². The fraction of sp³-hybridized carbons (Fsp3) is 0.312. The van der Waals surface area contributed by atoms with E-state index in [1.807, 2.05) is 18.4 Å². The molecule has 0 unspecified atom stereocenters. The Kier molecular flexibility index (Phi) is 4.96. The molecule has 1 aromatic carbocycles. The molecule has 1 saturated heterocycles. The first-order valence-corrected chi connectivity index (χ1v) is 10.2. The molecule has 1 amide bonds. The van der Waals surface area contributed by atoms with Gasteiger partial charge in [0.15, 0.2) is 0 Å². The van der Waals surface area contributed by atoms with Crippen molar-refractivity contribution in [3.63, 3.8) is 0 Å². The Morgan fingerprint density at radius 1 is 1.25 bits per heavy atom. The topological polar surface area (TPSA) is 66.5 Å². The molecular formula is C16H17ClN2O3S2. The number of nitrogens with one attached hydrogen (secondary N) is 1. The first-order chi connectivity index (χ1) is 11.4. The molecule has 8 heteroatoms. The number of carbonyl (C=O) groups excluding carboxylic acids is 1. The summed E-state index contributed by atoms with van der Waals surface area (Å²) < 4.78 is 26.8. The van der Waals surface area contributed by atoms with E-state index < -0.39 is 10.0 Å². The summed E-state index contributed by atoms with van der Waals surface area (Å²) in [5.41, 5.74) is 1.30. The second kappa shape index (κ2) is 6.84. The molecule has 1 fully saturated rings. The van der Waals surface area contributed by atoms with Crippen molar-refractivity contribution in [3.05, 3.63) is 45.1 Å². The Bertz CT molecular complexity index is 871. The van der Waals surface area contributed by atoms with E-state index in [-0.39, 0.29) is 15.8 Å². The number of anilines is 1. The van der Waals surface area contributed by atoms with E-state index in [2.05, 4.69) is 5.32 Å². The molecule has 1 aliphatic heterocycles. The van der Waals surface area contributed by atoms with E-state index in [4.69, 9.17) is 11.6 Å². The number of hydrogen-bond acceptors (Lipinski definition) is 4. The van der Waals surface area contributed by atoms with Gasteiger partial charge >= 0.3 is 0 Å². The number of benzene rings is 1. The lowest BCUT2D eigenvalue weighted by Gasteiger charge is -2.17. The van der Waals surface area contributed by atoms with Crippen LogP contribution in [0.15, 0.2) is 34.5 Å². The van der Waals surface area contributed by atoms with Crippen molar-refractivity contribution in [2.45, 2.75) is 24.7 Å².